The van der Waals surface area contributed by atoms with Crippen molar-refractivity contribution in [2.45, 2.75) is 19.5 Å². The van der Waals surface area contributed by atoms with Gasteiger partial charge in [0.2, 0.25) is 0 Å². The quantitative estimate of drug-likeness (QED) is 0.846. The zero-order valence-electron chi connectivity index (χ0n) is 9.08. The van der Waals surface area contributed by atoms with Crippen LogP contribution in [0.25, 0.3) is 0 Å². The van der Waals surface area contributed by atoms with E-state index in [9.17, 15) is 18.0 Å². The lowest BCUT2D eigenvalue weighted by Crippen LogP contribution is -2.36. The van der Waals surface area contributed by atoms with Crippen LogP contribution in [-0.4, -0.2) is 30.1 Å². The molecule has 0 saturated carbocycles. The SMILES string of the molecule is Cc1ccc(F)c(C(=O)NCC(O)C(F)F)c1. The summed E-state index contributed by atoms with van der Waals surface area (Å²) in [6, 6.07) is 3.91. The van der Waals surface area contributed by atoms with Crippen LogP contribution in [0.5, 0.6) is 0 Å². The molecular formula is C11H12F3NO2. The summed E-state index contributed by atoms with van der Waals surface area (Å²) in [6.45, 7) is 1.05. The maximum Gasteiger partial charge on any atom is 0.265 e. The van der Waals surface area contributed by atoms with Crippen molar-refractivity contribution < 1.29 is 23.1 Å². The predicted octanol–water partition coefficient (Wildman–Crippen LogP) is 1.49. The number of benzene rings is 1. The van der Waals surface area contributed by atoms with E-state index >= 15 is 0 Å². The summed E-state index contributed by atoms with van der Waals surface area (Å²) in [4.78, 5) is 11.4. The highest BCUT2D eigenvalue weighted by atomic mass is 19.3. The van der Waals surface area contributed by atoms with Gasteiger partial charge in [0.05, 0.1) is 5.56 Å². The molecule has 0 aliphatic carbocycles. The number of carbonyl (C=O) groups is 1. The normalized spacial score (nSPS) is 12.6. The lowest BCUT2D eigenvalue weighted by molar-refractivity contribution is -0.00272. The van der Waals surface area contributed by atoms with E-state index < -0.39 is 30.8 Å². The van der Waals surface area contributed by atoms with Gasteiger partial charge in [0.15, 0.2) is 0 Å². The van der Waals surface area contributed by atoms with Crippen molar-refractivity contribution in [3.63, 3.8) is 0 Å². The molecule has 2 N–H and O–H groups in total. The molecule has 1 aromatic rings. The number of aryl methyl sites for hydroxylation is 1. The molecule has 0 heterocycles. The van der Waals surface area contributed by atoms with E-state index in [-0.39, 0.29) is 5.56 Å². The second kappa shape index (κ2) is 5.67. The number of rotatable bonds is 4. The highest BCUT2D eigenvalue weighted by molar-refractivity contribution is 5.94. The molecule has 0 radical (unpaired) electrons. The number of halogens is 3. The lowest BCUT2D eigenvalue weighted by atomic mass is 10.1. The van der Waals surface area contributed by atoms with Crippen LogP contribution in [0.2, 0.25) is 0 Å². The Kier molecular flexibility index (Phi) is 4.51. The van der Waals surface area contributed by atoms with Crippen LogP contribution in [0.15, 0.2) is 18.2 Å². The molecule has 0 fully saturated rings. The number of alkyl halides is 2. The smallest absolute Gasteiger partial charge is 0.265 e. The molecule has 17 heavy (non-hydrogen) atoms. The Morgan fingerprint density at radius 1 is 1.47 bits per heavy atom. The van der Waals surface area contributed by atoms with Gasteiger partial charge >= 0.3 is 0 Å². The molecule has 0 aromatic heterocycles. The van der Waals surface area contributed by atoms with E-state index in [4.69, 9.17) is 5.11 Å². The fourth-order valence-electron chi connectivity index (χ4n) is 1.19. The van der Waals surface area contributed by atoms with Crippen molar-refractivity contribution in [3.05, 3.63) is 35.1 Å². The van der Waals surface area contributed by atoms with Gasteiger partial charge in [-0.15, -0.1) is 0 Å². The first-order valence-electron chi connectivity index (χ1n) is 4.92. The molecule has 94 valence electrons. The Hall–Kier alpha value is -1.56. The van der Waals surface area contributed by atoms with Crippen LogP contribution in [0.4, 0.5) is 13.2 Å². The average Bonchev–Trinajstić information content (AvgIpc) is 2.28. The standard InChI is InChI=1S/C11H12F3NO2/c1-6-2-3-8(12)7(4-6)11(17)15-5-9(16)10(13)14/h2-4,9-10,16H,5H2,1H3,(H,15,17). The van der Waals surface area contributed by atoms with E-state index in [2.05, 4.69) is 0 Å². The van der Waals surface area contributed by atoms with Crippen LogP contribution < -0.4 is 5.32 Å². The van der Waals surface area contributed by atoms with E-state index in [0.29, 0.717) is 5.56 Å². The Morgan fingerprint density at radius 2 is 2.12 bits per heavy atom. The summed E-state index contributed by atoms with van der Waals surface area (Å²) in [5.74, 6) is -1.56. The largest absolute Gasteiger partial charge is 0.385 e. The van der Waals surface area contributed by atoms with Crippen LogP contribution in [0, 0.1) is 12.7 Å². The van der Waals surface area contributed by atoms with Crippen molar-refractivity contribution in [3.8, 4) is 0 Å². The highest BCUT2D eigenvalue weighted by Gasteiger charge is 2.19. The van der Waals surface area contributed by atoms with Gasteiger partial charge < -0.3 is 10.4 Å². The molecule has 6 heteroatoms. The Bertz CT molecular complexity index is 410. The van der Waals surface area contributed by atoms with Gasteiger partial charge in [0.25, 0.3) is 12.3 Å². The van der Waals surface area contributed by atoms with Crippen molar-refractivity contribution in [2.75, 3.05) is 6.54 Å². The summed E-state index contributed by atoms with van der Waals surface area (Å²) in [6.07, 6.45) is -4.90. The molecule has 3 nitrogen and oxygen atoms in total. The molecule has 1 unspecified atom stereocenters. The Labute approximate surface area is 96.3 Å². The summed E-state index contributed by atoms with van der Waals surface area (Å²) in [7, 11) is 0. The molecule has 0 bridgehead atoms. The minimum Gasteiger partial charge on any atom is -0.385 e. The summed E-state index contributed by atoms with van der Waals surface area (Å²) < 4.78 is 37.1. The number of hydrogen-bond acceptors (Lipinski definition) is 2. The fourth-order valence-corrected chi connectivity index (χ4v) is 1.19. The van der Waals surface area contributed by atoms with Crippen molar-refractivity contribution >= 4 is 5.91 Å². The van der Waals surface area contributed by atoms with E-state index in [1.807, 2.05) is 5.32 Å². The number of aliphatic hydroxyl groups is 1. The van der Waals surface area contributed by atoms with Crippen LogP contribution in [-0.2, 0) is 0 Å². The van der Waals surface area contributed by atoms with Gasteiger partial charge in [-0.2, -0.15) is 0 Å². The molecule has 1 amide bonds. The monoisotopic (exact) mass is 247 g/mol. The number of carbonyl (C=O) groups excluding carboxylic acids is 1. The van der Waals surface area contributed by atoms with Crippen LogP contribution >= 0.6 is 0 Å². The van der Waals surface area contributed by atoms with E-state index in [1.54, 1.807) is 6.92 Å². The third-order valence-corrected chi connectivity index (χ3v) is 2.13. The van der Waals surface area contributed by atoms with Gasteiger partial charge in [-0.1, -0.05) is 11.6 Å². The molecule has 1 aromatic carbocycles. The topological polar surface area (TPSA) is 49.3 Å². The van der Waals surface area contributed by atoms with E-state index in [0.717, 1.165) is 6.07 Å². The first-order chi connectivity index (χ1) is 7.91. The first kappa shape index (κ1) is 13.5. The maximum atomic E-state index is 13.2. The van der Waals surface area contributed by atoms with Crippen LogP contribution in [0.1, 0.15) is 15.9 Å². The highest BCUT2D eigenvalue weighted by Crippen LogP contribution is 2.10. The van der Waals surface area contributed by atoms with Crippen molar-refractivity contribution in [1.29, 1.82) is 0 Å². The zero-order valence-corrected chi connectivity index (χ0v) is 9.08. The van der Waals surface area contributed by atoms with Crippen molar-refractivity contribution in [1.82, 2.24) is 5.32 Å². The van der Waals surface area contributed by atoms with Crippen molar-refractivity contribution in [2.24, 2.45) is 0 Å². The second-order valence-corrected chi connectivity index (χ2v) is 3.60. The second-order valence-electron chi connectivity index (χ2n) is 3.60. The molecule has 0 saturated heterocycles. The van der Waals surface area contributed by atoms with Gasteiger partial charge in [0.1, 0.15) is 11.9 Å². The summed E-state index contributed by atoms with van der Waals surface area (Å²) in [5.41, 5.74) is 0.442. The molecule has 0 aliphatic rings. The predicted molar refractivity (Wildman–Crippen MR) is 55.5 cm³/mol. The van der Waals surface area contributed by atoms with Crippen LogP contribution in [0.3, 0.4) is 0 Å². The minimum atomic E-state index is -2.95. The third kappa shape index (κ3) is 3.74. The van der Waals surface area contributed by atoms with Gasteiger partial charge in [-0.3, -0.25) is 4.79 Å². The number of amides is 1. The number of nitrogens with one attached hydrogen (secondary N) is 1. The molecular weight excluding hydrogens is 235 g/mol. The first-order valence-corrected chi connectivity index (χ1v) is 4.92. The minimum absolute atomic E-state index is 0.230. The average molecular weight is 247 g/mol. The molecule has 0 spiro atoms. The Balaban J connectivity index is 2.67. The fraction of sp³-hybridized carbons (Fsp3) is 0.364. The number of hydrogen-bond donors (Lipinski definition) is 2. The van der Waals surface area contributed by atoms with Gasteiger partial charge in [-0.05, 0) is 19.1 Å². The van der Waals surface area contributed by atoms with Gasteiger partial charge in [-0.25, -0.2) is 13.2 Å². The maximum absolute atomic E-state index is 13.2. The molecule has 1 rings (SSSR count). The third-order valence-electron chi connectivity index (χ3n) is 2.13. The Morgan fingerprint density at radius 3 is 2.71 bits per heavy atom. The summed E-state index contributed by atoms with van der Waals surface area (Å²) >= 11 is 0. The van der Waals surface area contributed by atoms with Gasteiger partial charge in [0, 0.05) is 6.54 Å². The lowest BCUT2D eigenvalue weighted by Gasteiger charge is -2.11. The molecule has 0 aliphatic heterocycles. The molecule has 1 atom stereocenters. The van der Waals surface area contributed by atoms with E-state index in [1.165, 1.54) is 12.1 Å². The number of aliphatic hydroxyl groups excluding tert-OH is 1. The zero-order chi connectivity index (χ0) is 13.0. The summed E-state index contributed by atoms with van der Waals surface area (Å²) in [5, 5.41) is 10.8.